The largest absolute Gasteiger partial charge is 0.320 e. The zero-order valence-corrected chi connectivity index (χ0v) is 21.8. The van der Waals surface area contributed by atoms with Crippen LogP contribution < -0.4 is 0 Å². The van der Waals surface area contributed by atoms with E-state index in [1.54, 1.807) is 30.6 Å². The average molecular weight is 635 g/mol. The molecule has 3 heterocycles. The number of hydrogen-bond donors (Lipinski definition) is 0. The number of nitrogens with zero attached hydrogens (tertiary/aromatic N) is 3. The summed E-state index contributed by atoms with van der Waals surface area (Å²) in [6, 6.07) is 29.7. The summed E-state index contributed by atoms with van der Waals surface area (Å²) in [5.74, 6) is 0. The standard InChI is InChI=1S/C19H15N2.C12H10N.Ir/c1-19(2)16-6-4-3-5-14(16)15-11-18(21-12-17(15)19)13-7-9-20-10-8-13;1-10-7-8-12(13-9-10)11-5-3-2-4-6-11;/h3-7,9-12H,1-2H3;2-5,7-9H,1H3;/q2*-1;/i;1D3;. The first kappa shape index (κ1) is 20.9. The van der Waals surface area contributed by atoms with Crippen molar-refractivity contribution in [2.75, 3.05) is 0 Å². The molecular formula is C31H25IrN3-2. The third kappa shape index (κ3) is 5.00. The van der Waals surface area contributed by atoms with E-state index >= 15 is 0 Å². The van der Waals surface area contributed by atoms with E-state index in [9.17, 15) is 0 Å². The molecule has 2 aromatic carbocycles. The van der Waals surface area contributed by atoms with Gasteiger partial charge in [-0.25, -0.2) is 0 Å². The molecule has 3 aromatic heterocycles. The van der Waals surface area contributed by atoms with Gasteiger partial charge in [0.2, 0.25) is 0 Å². The Morgan fingerprint density at radius 2 is 1.57 bits per heavy atom. The molecule has 0 unspecified atom stereocenters. The molecule has 0 saturated carbocycles. The number of fused-ring (bicyclic) bond motifs is 3. The van der Waals surface area contributed by atoms with Gasteiger partial charge in [0.1, 0.15) is 0 Å². The van der Waals surface area contributed by atoms with Gasteiger partial charge < -0.3 is 9.97 Å². The van der Waals surface area contributed by atoms with Crippen LogP contribution in [0.2, 0.25) is 0 Å². The van der Waals surface area contributed by atoms with E-state index in [2.05, 4.69) is 71.3 Å². The van der Waals surface area contributed by atoms with E-state index in [0.717, 1.165) is 22.5 Å². The van der Waals surface area contributed by atoms with Crippen molar-refractivity contribution in [2.24, 2.45) is 0 Å². The van der Waals surface area contributed by atoms with Gasteiger partial charge in [-0.15, -0.1) is 42.0 Å². The minimum absolute atomic E-state index is 0. The van der Waals surface area contributed by atoms with Crippen LogP contribution in [0.25, 0.3) is 33.6 Å². The van der Waals surface area contributed by atoms with Crippen LogP contribution in [0.3, 0.4) is 0 Å². The summed E-state index contributed by atoms with van der Waals surface area (Å²) >= 11 is 0. The van der Waals surface area contributed by atoms with Crippen LogP contribution in [0.1, 0.15) is 34.7 Å². The molecule has 0 N–H and O–H groups in total. The topological polar surface area (TPSA) is 38.7 Å². The van der Waals surface area contributed by atoms with Crippen LogP contribution in [-0.4, -0.2) is 15.0 Å². The second-order valence-corrected chi connectivity index (χ2v) is 8.65. The van der Waals surface area contributed by atoms with E-state index in [0.29, 0.717) is 0 Å². The molecule has 6 rings (SSSR count). The number of rotatable bonds is 2. The van der Waals surface area contributed by atoms with Crippen LogP contribution in [-0.2, 0) is 25.5 Å². The first-order valence-corrected chi connectivity index (χ1v) is 11.1. The van der Waals surface area contributed by atoms with Crippen LogP contribution in [0, 0.1) is 19.0 Å². The van der Waals surface area contributed by atoms with Crippen LogP contribution in [0.5, 0.6) is 0 Å². The molecule has 3 nitrogen and oxygen atoms in total. The van der Waals surface area contributed by atoms with Gasteiger partial charge in [0, 0.05) is 42.0 Å². The Balaban J connectivity index is 0.000000179. The van der Waals surface area contributed by atoms with Crippen molar-refractivity contribution in [1.29, 1.82) is 0 Å². The minimum atomic E-state index is -2.09. The minimum Gasteiger partial charge on any atom is -0.320 e. The molecule has 35 heavy (non-hydrogen) atoms. The van der Waals surface area contributed by atoms with E-state index in [4.69, 9.17) is 4.11 Å². The SMILES string of the molecule is CC1(C)c2ccccc2-c2cc(-c3[c-]cncc3)ncc21.[2H]C([2H])([2H])c1ccc(-c2[c-]cccc2)nc1.[Ir]. The Morgan fingerprint density at radius 3 is 2.29 bits per heavy atom. The third-order valence-electron chi connectivity index (χ3n) is 6.11. The molecular weight excluding hydrogens is 607 g/mol. The van der Waals surface area contributed by atoms with Gasteiger partial charge in [-0.2, -0.15) is 11.6 Å². The predicted octanol–water partition coefficient (Wildman–Crippen LogP) is 7.10. The fourth-order valence-corrected chi connectivity index (χ4v) is 4.31. The molecule has 1 radical (unpaired) electrons. The van der Waals surface area contributed by atoms with E-state index in [1.165, 1.54) is 28.5 Å². The summed E-state index contributed by atoms with van der Waals surface area (Å²) in [6.45, 7) is 2.43. The van der Waals surface area contributed by atoms with Gasteiger partial charge in [-0.3, -0.25) is 4.98 Å². The molecule has 175 valence electrons. The normalized spacial score (nSPS) is 14.1. The zero-order chi connectivity index (χ0) is 26.0. The summed E-state index contributed by atoms with van der Waals surface area (Å²) in [5.41, 5.74) is 9.05. The van der Waals surface area contributed by atoms with Crippen molar-refractivity contribution in [3.63, 3.8) is 0 Å². The Morgan fingerprint density at radius 1 is 0.771 bits per heavy atom. The molecule has 1 aliphatic rings. The van der Waals surface area contributed by atoms with Crippen molar-refractivity contribution in [2.45, 2.75) is 26.1 Å². The fourth-order valence-electron chi connectivity index (χ4n) is 4.31. The van der Waals surface area contributed by atoms with Gasteiger partial charge in [0.25, 0.3) is 0 Å². The van der Waals surface area contributed by atoms with Crippen molar-refractivity contribution < 1.29 is 24.2 Å². The monoisotopic (exact) mass is 635 g/mol. The summed E-state index contributed by atoms with van der Waals surface area (Å²) in [4.78, 5) is 12.8. The third-order valence-corrected chi connectivity index (χ3v) is 6.11. The molecule has 0 fully saturated rings. The first-order valence-electron chi connectivity index (χ1n) is 12.6. The quantitative estimate of drug-likeness (QED) is 0.195. The summed E-state index contributed by atoms with van der Waals surface area (Å²) in [5, 5.41) is 0. The predicted molar refractivity (Wildman–Crippen MR) is 137 cm³/mol. The molecule has 5 aromatic rings. The fraction of sp³-hybridized carbons (Fsp3) is 0.129. The average Bonchev–Trinajstić information content (AvgIpc) is 3.16. The Hall–Kier alpha value is -3.46. The van der Waals surface area contributed by atoms with Crippen molar-refractivity contribution in [3.8, 4) is 33.6 Å². The van der Waals surface area contributed by atoms with E-state index in [1.807, 2.05) is 30.5 Å². The van der Waals surface area contributed by atoms with Crippen LogP contribution in [0.15, 0.2) is 97.6 Å². The van der Waals surface area contributed by atoms with Gasteiger partial charge in [0.05, 0.1) is 0 Å². The maximum absolute atomic E-state index is 7.23. The molecule has 0 saturated heterocycles. The number of pyridine rings is 3. The number of benzene rings is 2. The molecule has 4 heteroatoms. The summed E-state index contributed by atoms with van der Waals surface area (Å²) in [7, 11) is 0. The molecule has 0 bridgehead atoms. The Labute approximate surface area is 224 Å². The van der Waals surface area contributed by atoms with Crippen molar-refractivity contribution in [3.05, 3.63) is 126 Å². The molecule has 0 atom stereocenters. The molecule has 1 aliphatic carbocycles. The maximum atomic E-state index is 7.23. The molecule has 0 aliphatic heterocycles. The maximum Gasteiger partial charge on any atom is 0.0280 e. The van der Waals surface area contributed by atoms with E-state index < -0.39 is 6.85 Å². The zero-order valence-electron chi connectivity index (χ0n) is 22.4. The van der Waals surface area contributed by atoms with Gasteiger partial charge in [-0.1, -0.05) is 56.3 Å². The number of hydrogen-bond acceptors (Lipinski definition) is 3. The van der Waals surface area contributed by atoms with Gasteiger partial charge in [-0.05, 0) is 58.5 Å². The van der Waals surface area contributed by atoms with Crippen molar-refractivity contribution >= 4 is 0 Å². The van der Waals surface area contributed by atoms with Gasteiger partial charge in [0.15, 0.2) is 0 Å². The second kappa shape index (κ2) is 10.4. The smallest absolute Gasteiger partial charge is 0.0280 e. The summed E-state index contributed by atoms with van der Waals surface area (Å²) in [6.07, 6.45) is 6.86. The van der Waals surface area contributed by atoms with Crippen LogP contribution >= 0.6 is 0 Å². The Kier molecular flexibility index (Phi) is 6.22. The van der Waals surface area contributed by atoms with Crippen molar-refractivity contribution in [1.82, 2.24) is 15.0 Å². The van der Waals surface area contributed by atoms with Gasteiger partial charge >= 0.3 is 0 Å². The van der Waals surface area contributed by atoms with E-state index in [-0.39, 0.29) is 31.1 Å². The number of aryl methyl sites for hydroxylation is 1. The summed E-state index contributed by atoms with van der Waals surface area (Å²) < 4.78 is 21.7. The second-order valence-electron chi connectivity index (χ2n) is 8.65. The Bertz CT molecular complexity index is 1520. The molecule has 0 amide bonds. The molecule has 0 spiro atoms. The van der Waals surface area contributed by atoms with Crippen LogP contribution in [0.4, 0.5) is 0 Å². The number of aromatic nitrogens is 3. The first-order chi connectivity index (χ1) is 17.7.